The van der Waals surface area contributed by atoms with Gasteiger partial charge in [0.2, 0.25) is 0 Å². The number of nitrogens with one attached hydrogen (secondary N) is 1. The first kappa shape index (κ1) is 15.5. The Balaban J connectivity index is 0.00000161. The molecule has 3 rings (SSSR count). The maximum atomic E-state index is 10.1. The van der Waals surface area contributed by atoms with E-state index in [1.165, 1.54) is 6.07 Å². The molecule has 1 aliphatic heterocycles. The Hall–Kier alpha value is -1.91. The SMILES string of the molecule is Cl.Oc1ccc(CC2NCCc3ccc(O)c(O)c32)cc1. The molecule has 0 aliphatic carbocycles. The average Bonchev–Trinajstić information content (AvgIpc) is 2.45. The zero-order valence-corrected chi connectivity index (χ0v) is 12.2. The molecule has 5 heteroatoms. The van der Waals surface area contributed by atoms with Crippen LogP contribution in [-0.2, 0) is 12.8 Å². The normalized spacial score (nSPS) is 16.9. The molecule has 112 valence electrons. The van der Waals surface area contributed by atoms with Gasteiger partial charge in [0.15, 0.2) is 11.5 Å². The fourth-order valence-corrected chi connectivity index (χ4v) is 2.77. The molecular formula is C16H18ClNO3. The molecule has 0 aromatic heterocycles. The second-order valence-electron chi connectivity index (χ2n) is 5.13. The van der Waals surface area contributed by atoms with Gasteiger partial charge < -0.3 is 20.6 Å². The Bertz CT molecular complexity index is 628. The minimum absolute atomic E-state index is 0. The number of rotatable bonds is 2. The van der Waals surface area contributed by atoms with Crippen LogP contribution in [0.15, 0.2) is 36.4 Å². The molecule has 0 saturated carbocycles. The highest BCUT2D eigenvalue weighted by Gasteiger charge is 2.24. The van der Waals surface area contributed by atoms with E-state index in [-0.39, 0.29) is 35.7 Å². The van der Waals surface area contributed by atoms with E-state index in [1.807, 2.05) is 18.2 Å². The maximum Gasteiger partial charge on any atom is 0.162 e. The summed E-state index contributed by atoms with van der Waals surface area (Å²) < 4.78 is 0. The van der Waals surface area contributed by atoms with E-state index >= 15 is 0 Å². The highest BCUT2D eigenvalue weighted by Crippen LogP contribution is 2.38. The summed E-state index contributed by atoms with van der Waals surface area (Å²) >= 11 is 0. The van der Waals surface area contributed by atoms with E-state index in [9.17, 15) is 15.3 Å². The summed E-state index contributed by atoms with van der Waals surface area (Å²) in [6.45, 7) is 0.847. The first-order chi connectivity index (χ1) is 9.65. The molecule has 1 aliphatic rings. The van der Waals surface area contributed by atoms with E-state index < -0.39 is 0 Å². The van der Waals surface area contributed by atoms with Crippen molar-refractivity contribution in [3.63, 3.8) is 0 Å². The zero-order valence-electron chi connectivity index (χ0n) is 11.4. The summed E-state index contributed by atoms with van der Waals surface area (Å²) in [5.41, 5.74) is 2.92. The van der Waals surface area contributed by atoms with E-state index in [2.05, 4.69) is 5.32 Å². The van der Waals surface area contributed by atoms with Crippen LogP contribution in [0, 0.1) is 0 Å². The Morgan fingerprint density at radius 2 is 1.71 bits per heavy atom. The van der Waals surface area contributed by atoms with Crippen LogP contribution in [0.2, 0.25) is 0 Å². The van der Waals surface area contributed by atoms with Crippen LogP contribution in [0.25, 0.3) is 0 Å². The third kappa shape index (κ3) is 3.06. The van der Waals surface area contributed by atoms with Crippen molar-refractivity contribution in [3.8, 4) is 17.2 Å². The number of hydrogen-bond donors (Lipinski definition) is 4. The lowest BCUT2D eigenvalue weighted by molar-refractivity contribution is 0.383. The minimum atomic E-state index is -0.0804. The molecule has 4 nitrogen and oxygen atoms in total. The van der Waals surface area contributed by atoms with Gasteiger partial charge in [0.1, 0.15) is 5.75 Å². The quantitative estimate of drug-likeness (QED) is 0.644. The number of fused-ring (bicyclic) bond motifs is 1. The van der Waals surface area contributed by atoms with Gasteiger partial charge in [-0.15, -0.1) is 12.4 Å². The van der Waals surface area contributed by atoms with E-state index in [0.29, 0.717) is 6.42 Å². The van der Waals surface area contributed by atoms with Gasteiger partial charge in [0, 0.05) is 11.6 Å². The molecule has 0 bridgehead atoms. The number of benzene rings is 2. The zero-order chi connectivity index (χ0) is 14.1. The number of hydrogen-bond acceptors (Lipinski definition) is 4. The van der Waals surface area contributed by atoms with Crippen LogP contribution in [0.1, 0.15) is 22.7 Å². The summed E-state index contributed by atoms with van der Waals surface area (Å²) in [7, 11) is 0. The van der Waals surface area contributed by atoms with Gasteiger partial charge in [0.05, 0.1) is 0 Å². The van der Waals surface area contributed by atoms with Gasteiger partial charge in [-0.1, -0.05) is 18.2 Å². The smallest absolute Gasteiger partial charge is 0.162 e. The molecule has 0 radical (unpaired) electrons. The summed E-state index contributed by atoms with van der Waals surface area (Å²) in [6.07, 6.45) is 1.54. The predicted molar refractivity (Wildman–Crippen MR) is 83.3 cm³/mol. The Labute approximate surface area is 129 Å². The van der Waals surface area contributed by atoms with E-state index in [0.717, 1.165) is 29.7 Å². The molecule has 4 N–H and O–H groups in total. The maximum absolute atomic E-state index is 10.1. The minimum Gasteiger partial charge on any atom is -0.508 e. The average molecular weight is 308 g/mol. The molecule has 0 spiro atoms. The summed E-state index contributed by atoms with van der Waals surface area (Å²) in [5.74, 6) is 0.132. The van der Waals surface area contributed by atoms with Crippen molar-refractivity contribution in [2.75, 3.05) is 6.54 Å². The molecule has 2 aromatic carbocycles. The third-order valence-electron chi connectivity index (χ3n) is 3.80. The van der Waals surface area contributed by atoms with Crippen molar-refractivity contribution >= 4 is 12.4 Å². The van der Waals surface area contributed by atoms with Crippen LogP contribution in [-0.4, -0.2) is 21.9 Å². The van der Waals surface area contributed by atoms with Crippen LogP contribution in [0.5, 0.6) is 17.2 Å². The fraction of sp³-hybridized carbons (Fsp3) is 0.250. The van der Waals surface area contributed by atoms with Gasteiger partial charge in [0.25, 0.3) is 0 Å². The molecule has 1 heterocycles. The highest BCUT2D eigenvalue weighted by molar-refractivity contribution is 5.85. The van der Waals surface area contributed by atoms with Gasteiger partial charge in [-0.05, 0) is 48.7 Å². The number of aromatic hydroxyl groups is 3. The Morgan fingerprint density at radius 3 is 2.43 bits per heavy atom. The lowest BCUT2D eigenvalue weighted by atomic mass is 9.89. The van der Waals surface area contributed by atoms with E-state index in [1.54, 1.807) is 12.1 Å². The van der Waals surface area contributed by atoms with Crippen molar-refractivity contribution in [1.29, 1.82) is 0 Å². The first-order valence-electron chi connectivity index (χ1n) is 6.70. The summed E-state index contributed by atoms with van der Waals surface area (Å²) in [4.78, 5) is 0. The second-order valence-corrected chi connectivity index (χ2v) is 5.13. The molecule has 0 saturated heterocycles. The van der Waals surface area contributed by atoms with Crippen molar-refractivity contribution in [1.82, 2.24) is 5.32 Å². The molecule has 1 unspecified atom stereocenters. The number of phenolic OH excluding ortho intramolecular Hbond substituents is 3. The molecule has 1 atom stereocenters. The van der Waals surface area contributed by atoms with Crippen LogP contribution in [0.4, 0.5) is 0 Å². The lowest BCUT2D eigenvalue weighted by Gasteiger charge is -2.28. The highest BCUT2D eigenvalue weighted by atomic mass is 35.5. The van der Waals surface area contributed by atoms with Crippen LogP contribution < -0.4 is 5.32 Å². The fourth-order valence-electron chi connectivity index (χ4n) is 2.77. The van der Waals surface area contributed by atoms with Crippen molar-refractivity contribution in [3.05, 3.63) is 53.1 Å². The largest absolute Gasteiger partial charge is 0.508 e. The van der Waals surface area contributed by atoms with Gasteiger partial charge >= 0.3 is 0 Å². The van der Waals surface area contributed by atoms with Crippen LogP contribution >= 0.6 is 12.4 Å². The molecule has 21 heavy (non-hydrogen) atoms. The lowest BCUT2D eigenvalue weighted by Crippen LogP contribution is -2.31. The van der Waals surface area contributed by atoms with Crippen LogP contribution in [0.3, 0.4) is 0 Å². The second kappa shape index (κ2) is 6.24. The van der Waals surface area contributed by atoms with Crippen molar-refractivity contribution < 1.29 is 15.3 Å². The number of phenols is 3. The summed E-state index contributed by atoms with van der Waals surface area (Å²) in [5, 5.41) is 32.5. The Morgan fingerprint density at radius 1 is 1.00 bits per heavy atom. The summed E-state index contributed by atoms with van der Waals surface area (Å²) in [6, 6.07) is 10.4. The van der Waals surface area contributed by atoms with Gasteiger partial charge in [-0.2, -0.15) is 0 Å². The first-order valence-corrected chi connectivity index (χ1v) is 6.70. The molecule has 0 amide bonds. The Kier molecular flexibility index (Phi) is 4.60. The topological polar surface area (TPSA) is 72.7 Å². The van der Waals surface area contributed by atoms with Crippen molar-refractivity contribution in [2.24, 2.45) is 0 Å². The number of halogens is 1. The van der Waals surface area contributed by atoms with Gasteiger partial charge in [-0.3, -0.25) is 0 Å². The predicted octanol–water partition coefficient (Wildman–Crippen LogP) is 2.65. The van der Waals surface area contributed by atoms with Gasteiger partial charge in [-0.25, -0.2) is 0 Å². The standard InChI is InChI=1S/C16H17NO3.ClH/c18-12-4-1-10(2-5-12)9-13-15-11(7-8-17-13)3-6-14(19)16(15)20;/h1-6,13,17-20H,7-9H2;1H. The third-order valence-corrected chi connectivity index (χ3v) is 3.80. The van der Waals surface area contributed by atoms with E-state index in [4.69, 9.17) is 0 Å². The monoisotopic (exact) mass is 307 g/mol. The molecular weight excluding hydrogens is 290 g/mol. The molecule has 2 aromatic rings. The van der Waals surface area contributed by atoms with Crippen molar-refractivity contribution in [2.45, 2.75) is 18.9 Å². The molecule has 0 fully saturated rings.